The molecule has 12 heteroatoms. The second-order valence-electron chi connectivity index (χ2n) is 10.5. The zero-order valence-corrected chi connectivity index (χ0v) is 25.5. The maximum absolute atomic E-state index is 12.5. The quantitative estimate of drug-likeness (QED) is 0.130. The van der Waals surface area contributed by atoms with Gasteiger partial charge >= 0.3 is 12.0 Å². The molecule has 1 aliphatic rings. The van der Waals surface area contributed by atoms with Crippen LogP contribution in [0.1, 0.15) is 41.6 Å². The number of halogens is 2. The molecule has 3 amide bonds. The Bertz CT molecular complexity index is 1640. The Morgan fingerprint density at radius 3 is 2.04 bits per heavy atom. The summed E-state index contributed by atoms with van der Waals surface area (Å²) in [6.07, 6.45) is 3.29. The molecule has 45 heavy (non-hydrogen) atoms. The van der Waals surface area contributed by atoms with Crippen molar-refractivity contribution in [3.8, 4) is 17.2 Å². The van der Waals surface area contributed by atoms with Crippen LogP contribution in [0.2, 0.25) is 10.3 Å². The molecule has 1 aromatic heterocycles. The van der Waals surface area contributed by atoms with Gasteiger partial charge in [-0.15, -0.1) is 0 Å². The molecule has 4 N–H and O–H groups in total. The lowest BCUT2D eigenvalue weighted by Gasteiger charge is -2.29. The molecule has 0 spiro atoms. The number of aromatic carboxylic acids is 1. The fraction of sp³-hybridized carbons (Fsp3) is 0.212. The summed E-state index contributed by atoms with van der Waals surface area (Å²) in [5.41, 5.74) is 1.52. The Morgan fingerprint density at radius 2 is 1.40 bits per heavy atom. The standard InChI is InChI=1S/C33H30Cl2N4O6/c34-29-18-22(19-30(35)39-29)37-33(43)36-21-7-11-24(12-8-21)45-26-15-13-25(14-16-26)44-23-9-5-20(6-10-23)17-31(40)38-28-4-2-1-3-27(28)32(41)42/h1-6,9-10,13-16,18-19,21,24H,7-8,11-12,17H2,(H,38,40)(H,41,42)(H2,36,37,39,43). The van der Waals surface area contributed by atoms with E-state index in [0.29, 0.717) is 17.2 Å². The molecule has 1 aliphatic carbocycles. The third kappa shape index (κ3) is 9.34. The number of urea groups is 1. The summed E-state index contributed by atoms with van der Waals surface area (Å²) in [4.78, 5) is 40.1. The fourth-order valence-corrected chi connectivity index (χ4v) is 5.42. The first-order valence-corrected chi connectivity index (χ1v) is 15.0. The van der Waals surface area contributed by atoms with E-state index in [1.54, 1.807) is 42.5 Å². The van der Waals surface area contributed by atoms with E-state index in [-0.39, 0.29) is 52.1 Å². The second-order valence-corrected chi connectivity index (χ2v) is 11.3. The van der Waals surface area contributed by atoms with Gasteiger partial charge in [0.1, 0.15) is 27.6 Å². The molecule has 1 heterocycles. The lowest BCUT2D eigenvalue weighted by atomic mass is 9.93. The zero-order chi connectivity index (χ0) is 31.8. The van der Waals surface area contributed by atoms with Gasteiger partial charge in [0.2, 0.25) is 5.91 Å². The van der Waals surface area contributed by atoms with Gasteiger partial charge in [-0.2, -0.15) is 0 Å². The molecule has 0 atom stereocenters. The lowest BCUT2D eigenvalue weighted by Crippen LogP contribution is -2.41. The van der Waals surface area contributed by atoms with Gasteiger partial charge in [0.15, 0.2) is 0 Å². The molecule has 0 saturated heterocycles. The number of aromatic nitrogens is 1. The van der Waals surface area contributed by atoms with Crippen molar-refractivity contribution in [3.63, 3.8) is 0 Å². The summed E-state index contributed by atoms with van der Waals surface area (Å²) in [5.74, 6) is 0.545. The number of carbonyl (C=O) groups excluding carboxylic acids is 2. The van der Waals surface area contributed by atoms with Crippen molar-refractivity contribution in [2.24, 2.45) is 0 Å². The van der Waals surface area contributed by atoms with E-state index >= 15 is 0 Å². The Morgan fingerprint density at radius 1 is 0.800 bits per heavy atom. The van der Waals surface area contributed by atoms with Crippen LogP contribution >= 0.6 is 23.2 Å². The minimum absolute atomic E-state index is 0.0304. The van der Waals surface area contributed by atoms with E-state index in [9.17, 15) is 19.5 Å². The highest BCUT2D eigenvalue weighted by Gasteiger charge is 2.24. The number of carboxylic acid groups (broad SMARTS) is 1. The first-order valence-electron chi connectivity index (χ1n) is 14.3. The van der Waals surface area contributed by atoms with Crippen LogP contribution in [0.25, 0.3) is 0 Å². The van der Waals surface area contributed by atoms with Crippen LogP contribution in [0.4, 0.5) is 16.2 Å². The van der Waals surface area contributed by atoms with Crippen molar-refractivity contribution in [3.05, 3.63) is 106 Å². The minimum atomic E-state index is -1.11. The summed E-state index contributed by atoms with van der Waals surface area (Å²) in [6.45, 7) is 0. The first-order chi connectivity index (χ1) is 21.7. The van der Waals surface area contributed by atoms with Gasteiger partial charge in [-0.3, -0.25) is 4.79 Å². The monoisotopic (exact) mass is 648 g/mol. The molecule has 1 fully saturated rings. The van der Waals surface area contributed by atoms with Crippen LogP contribution < -0.4 is 25.4 Å². The van der Waals surface area contributed by atoms with Crippen LogP contribution in [0.3, 0.4) is 0 Å². The maximum atomic E-state index is 12.5. The molecule has 232 valence electrons. The second kappa shape index (κ2) is 14.8. The maximum Gasteiger partial charge on any atom is 0.337 e. The molecule has 0 radical (unpaired) electrons. The van der Waals surface area contributed by atoms with Gasteiger partial charge in [0, 0.05) is 11.7 Å². The van der Waals surface area contributed by atoms with Gasteiger partial charge in [-0.25, -0.2) is 14.6 Å². The molecular weight excluding hydrogens is 619 g/mol. The van der Waals surface area contributed by atoms with Crippen molar-refractivity contribution < 1.29 is 29.0 Å². The number of benzene rings is 3. The zero-order valence-electron chi connectivity index (χ0n) is 24.0. The number of nitrogens with one attached hydrogen (secondary N) is 3. The van der Waals surface area contributed by atoms with Gasteiger partial charge in [-0.05, 0) is 91.9 Å². The number of rotatable bonds is 10. The van der Waals surface area contributed by atoms with Gasteiger partial charge in [0.05, 0.1) is 23.8 Å². The summed E-state index contributed by atoms with van der Waals surface area (Å²) in [7, 11) is 0. The van der Waals surface area contributed by atoms with Crippen molar-refractivity contribution >= 4 is 52.5 Å². The van der Waals surface area contributed by atoms with Crippen molar-refractivity contribution in [1.82, 2.24) is 10.3 Å². The van der Waals surface area contributed by atoms with Crippen LogP contribution in [0, 0.1) is 0 Å². The Hall–Kier alpha value is -4.80. The number of pyridine rings is 1. The van der Waals surface area contributed by atoms with Crippen LogP contribution in [-0.2, 0) is 11.2 Å². The highest BCUT2D eigenvalue weighted by molar-refractivity contribution is 6.33. The van der Waals surface area contributed by atoms with Crippen molar-refractivity contribution in [2.75, 3.05) is 10.6 Å². The summed E-state index contributed by atoms with van der Waals surface area (Å²) < 4.78 is 12.1. The van der Waals surface area contributed by atoms with Crippen molar-refractivity contribution in [1.29, 1.82) is 0 Å². The third-order valence-electron chi connectivity index (χ3n) is 7.11. The van der Waals surface area contributed by atoms with Gasteiger partial charge < -0.3 is 30.5 Å². The third-order valence-corrected chi connectivity index (χ3v) is 7.50. The normalized spacial score (nSPS) is 15.9. The molecular formula is C33H30Cl2N4O6. The van der Waals surface area contributed by atoms with E-state index in [1.807, 2.05) is 24.3 Å². The summed E-state index contributed by atoms with van der Waals surface area (Å²) in [5, 5.41) is 18.1. The van der Waals surface area contributed by atoms with E-state index in [1.165, 1.54) is 18.2 Å². The lowest BCUT2D eigenvalue weighted by molar-refractivity contribution is -0.115. The first kappa shape index (κ1) is 31.6. The number of carbonyl (C=O) groups is 3. The minimum Gasteiger partial charge on any atom is -0.490 e. The van der Waals surface area contributed by atoms with Crippen LogP contribution in [0.15, 0.2) is 84.9 Å². The molecule has 10 nitrogen and oxygen atoms in total. The Balaban J connectivity index is 1.04. The number of ether oxygens (including phenoxy) is 2. The van der Waals surface area contributed by atoms with E-state index in [0.717, 1.165) is 37.0 Å². The number of para-hydroxylation sites is 1. The van der Waals surface area contributed by atoms with E-state index in [4.69, 9.17) is 32.7 Å². The molecule has 4 aromatic rings. The smallest absolute Gasteiger partial charge is 0.337 e. The number of anilines is 2. The number of hydrogen-bond donors (Lipinski definition) is 4. The Labute approximate surface area is 269 Å². The fourth-order valence-electron chi connectivity index (χ4n) is 4.96. The highest BCUT2D eigenvalue weighted by atomic mass is 35.5. The number of amides is 3. The van der Waals surface area contributed by atoms with Gasteiger partial charge in [-0.1, -0.05) is 47.5 Å². The largest absolute Gasteiger partial charge is 0.490 e. The number of nitrogens with zero attached hydrogens (tertiary/aromatic N) is 1. The van der Waals surface area contributed by atoms with Crippen LogP contribution in [0.5, 0.6) is 17.2 Å². The summed E-state index contributed by atoms with van der Waals surface area (Å²) >= 11 is 11.8. The van der Waals surface area contributed by atoms with E-state index in [2.05, 4.69) is 20.9 Å². The molecule has 1 saturated carbocycles. The predicted molar refractivity (Wildman–Crippen MR) is 172 cm³/mol. The number of carboxylic acids is 1. The number of hydrogen-bond acceptors (Lipinski definition) is 6. The predicted octanol–water partition coefficient (Wildman–Crippen LogP) is 7.57. The van der Waals surface area contributed by atoms with E-state index < -0.39 is 5.97 Å². The average molecular weight is 650 g/mol. The topological polar surface area (TPSA) is 139 Å². The molecule has 3 aromatic carbocycles. The molecule has 0 bridgehead atoms. The van der Waals surface area contributed by atoms with Gasteiger partial charge in [0.25, 0.3) is 0 Å². The average Bonchev–Trinajstić information content (AvgIpc) is 3.00. The highest BCUT2D eigenvalue weighted by Crippen LogP contribution is 2.28. The SMILES string of the molecule is O=C(Cc1ccc(Oc2ccc(OC3CCC(NC(=O)Nc4cc(Cl)nc(Cl)c4)CC3)cc2)cc1)Nc1ccccc1C(=O)O. The van der Waals surface area contributed by atoms with Crippen LogP contribution in [-0.4, -0.2) is 40.1 Å². The summed E-state index contributed by atoms with van der Waals surface area (Å²) in [6, 6.07) is 23.5. The molecule has 0 aliphatic heterocycles. The Kier molecular flexibility index (Phi) is 10.4. The van der Waals surface area contributed by atoms with Crippen molar-refractivity contribution in [2.45, 2.75) is 44.2 Å². The molecule has 0 unspecified atom stereocenters. The molecule has 5 rings (SSSR count).